The van der Waals surface area contributed by atoms with Crippen LogP contribution in [0.1, 0.15) is 114 Å². The number of aliphatic hydroxyl groups excluding tert-OH is 2. The third-order valence-electron chi connectivity index (χ3n) is 11.5. The predicted molar refractivity (Wildman–Crippen MR) is 189 cm³/mol. The van der Waals surface area contributed by atoms with Gasteiger partial charge >= 0.3 is 0 Å². The van der Waals surface area contributed by atoms with Crippen molar-refractivity contribution < 1.29 is 38.8 Å². The first-order chi connectivity index (χ1) is 23.4. The lowest BCUT2D eigenvalue weighted by Gasteiger charge is -2.49. The fourth-order valence-corrected chi connectivity index (χ4v) is 8.00. The highest BCUT2D eigenvalue weighted by atomic mass is 16.5. The number of carbonyl (C=O) groups is 2. The molecule has 3 heterocycles. The average Bonchev–Trinajstić information content (AvgIpc) is 3.05. The second-order valence-electron chi connectivity index (χ2n) is 14.9. The van der Waals surface area contributed by atoms with Gasteiger partial charge < -0.3 is 39.0 Å². The molecule has 268 valence electrons. The molecule has 3 aromatic rings. The number of ether oxygens (including phenoxy) is 2. The Balaban J connectivity index is 1.65. The number of ketones is 2. The first-order valence-electron chi connectivity index (χ1n) is 17.2. The highest BCUT2D eigenvalue weighted by Gasteiger charge is 2.49. The van der Waals surface area contributed by atoms with Crippen LogP contribution >= 0.6 is 0 Å². The number of nitrogens with zero attached hydrogens (tertiary/aromatic N) is 2. The number of fused-ring (bicyclic) bond motifs is 4. The maximum atomic E-state index is 14.9. The van der Waals surface area contributed by atoms with E-state index in [2.05, 4.69) is 0 Å². The van der Waals surface area contributed by atoms with Crippen molar-refractivity contribution in [3.63, 3.8) is 0 Å². The van der Waals surface area contributed by atoms with Gasteiger partial charge in [-0.3, -0.25) is 14.4 Å². The van der Waals surface area contributed by atoms with Crippen LogP contribution in [-0.2, 0) is 9.47 Å². The van der Waals surface area contributed by atoms with Gasteiger partial charge in [-0.05, 0) is 111 Å². The van der Waals surface area contributed by atoms with Crippen LogP contribution in [0.5, 0.6) is 5.75 Å². The lowest BCUT2D eigenvalue weighted by Crippen LogP contribution is -2.59. The Bertz CT molecular complexity index is 2000. The maximum Gasteiger partial charge on any atom is 0.202 e. The summed E-state index contributed by atoms with van der Waals surface area (Å²) in [5, 5.41) is 34.5. The van der Waals surface area contributed by atoms with Gasteiger partial charge in [-0.25, -0.2) is 0 Å². The molecule has 0 spiro atoms. The van der Waals surface area contributed by atoms with Crippen molar-refractivity contribution in [3.05, 3.63) is 79.2 Å². The van der Waals surface area contributed by atoms with Gasteiger partial charge in [0.05, 0.1) is 53.1 Å². The van der Waals surface area contributed by atoms with Crippen molar-refractivity contribution in [2.24, 2.45) is 0 Å². The quantitative estimate of drug-likeness (QED) is 0.268. The highest BCUT2D eigenvalue weighted by Crippen LogP contribution is 2.49. The summed E-state index contributed by atoms with van der Waals surface area (Å²) in [4.78, 5) is 47.0. The van der Waals surface area contributed by atoms with E-state index in [1.54, 1.807) is 52.8 Å². The zero-order chi connectivity index (χ0) is 36.7. The fourth-order valence-electron chi connectivity index (χ4n) is 8.00. The molecule has 8 atom stereocenters. The first-order valence-corrected chi connectivity index (χ1v) is 17.2. The summed E-state index contributed by atoms with van der Waals surface area (Å²) in [6.07, 6.45) is -2.05. The van der Waals surface area contributed by atoms with Crippen LogP contribution in [0.15, 0.2) is 33.5 Å². The second-order valence-corrected chi connectivity index (χ2v) is 14.9. The summed E-state index contributed by atoms with van der Waals surface area (Å²) < 4.78 is 19.0. The molecule has 1 aromatic heterocycles. The summed E-state index contributed by atoms with van der Waals surface area (Å²) in [7, 11) is 7.46. The third kappa shape index (κ3) is 5.46. The van der Waals surface area contributed by atoms with Crippen LogP contribution < -0.4 is 5.43 Å². The molecule has 0 bridgehead atoms. The van der Waals surface area contributed by atoms with Crippen LogP contribution in [-0.4, -0.2) is 101 Å². The zero-order valence-corrected chi connectivity index (χ0v) is 30.5. The normalized spacial score (nSPS) is 30.3. The predicted octanol–water partition coefficient (Wildman–Crippen LogP) is 4.68. The molecule has 2 saturated heterocycles. The number of allylic oxidation sites excluding steroid dienone is 2. The number of hydrogen-bond donors (Lipinski definition) is 3. The minimum Gasteiger partial charge on any atom is -0.507 e. The van der Waals surface area contributed by atoms with Crippen molar-refractivity contribution in [2.75, 3.05) is 28.2 Å². The average molecular weight is 689 g/mol. The third-order valence-corrected chi connectivity index (χ3v) is 11.5. The standard InChI is InChI=1S/C39H48N2O9/c1-11-17(2)26-15-25(42)29-18(3)12-23-31(37(29)50-26)36(46)32-30(35(23)45)21(27-14-24(40(7)8)33(43)19(4)48-27)13-22(34(32)44)28-16-39(6,41(9)10)38(47)20(5)49-28/h11-13,15,19-20,24,27-28,33,38,43-44,47H,14,16H2,1-10H3/b17-11-. The van der Waals surface area contributed by atoms with E-state index in [-0.39, 0.29) is 62.4 Å². The number of rotatable bonds is 5. The van der Waals surface area contributed by atoms with Crippen LogP contribution in [0, 0.1) is 6.92 Å². The van der Waals surface area contributed by atoms with Gasteiger partial charge in [0.1, 0.15) is 11.5 Å². The van der Waals surface area contributed by atoms with E-state index in [1.165, 1.54) is 6.07 Å². The summed E-state index contributed by atoms with van der Waals surface area (Å²) in [6.45, 7) is 10.7. The van der Waals surface area contributed by atoms with E-state index >= 15 is 0 Å². The topological polar surface area (TPSA) is 150 Å². The Kier molecular flexibility index (Phi) is 9.24. The van der Waals surface area contributed by atoms with E-state index in [4.69, 9.17) is 13.9 Å². The van der Waals surface area contributed by atoms with Crippen LogP contribution in [0.2, 0.25) is 0 Å². The number of carbonyl (C=O) groups excluding carboxylic acids is 2. The smallest absolute Gasteiger partial charge is 0.202 e. The summed E-state index contributed by atoms with van der Waals surface area (Å²) in [5.74, 6) is -1.31. The minimum absolute atomic E-state index is 0.0102. The largest absolute Gasteiger partial charge is 0.507 e. The van der Waals surface area contributed by atoms with Crippen molar-refractivity contribution in [1.82, 2.24) is 9.80 Å². The molecule has 50 heavy (non-hydrogen) atoms. The van der Waals surface area contributed by atoms with Crippen molar-refractivity contribution >= 4 is 28.1 Å². The van der Waals surface area contributed by atoms with Gasteiger partial charge in [-0.15, -0.1) is 0 Å². The van der Waals surface area contributed by atoms with Crippen LogP contribution in [0.4, 0.5) is 0 Å². The number of hydrogen-bond acceptors (Lipinski definition) is 11. The van der Waals surface area contributed by atoms with E-state index < -0.39 is 59.5 Å². The molecule has 3 aliphatic rings. The number of aryl methyl sites for hydroxylation is 1. The summed E-state index contributed by atoms with van der Waals surface area (Å²) in [5.41, 5.74) is 0.492. The lowest BCUT2D eigenvalue weighted by atomic mass is 9.74. The molecule has 11 heteroatoms. The number of benzene rings is 2. The van der Waals surface area contributed by atoms with Crippen molar-refractivity contribution in [3.8, 4) is 5.75 Å². The maximum absolute atomic E-state index is 14.9. The molecule has 2 aromatic carbocycles. The zero-order valence-electron chi connectivity index (χ0n) is 30.5. The highest BCUT2D eigenvalue weighted by molar-refractivity contribution is 6.33. The molecule has 1 aliphatic carbocycles. The van der Waals surface area contributed by atoms with Crippen LogP contribution in [0.3, 0.4) is 0 Å². The van der Waals surface area contributed by atoms with Gasteiger partial charge in [-0.1, -0.05) is 6.08 Å². The molecular formula is C39H48N2O9. The first kappa shape index (κ1) is 36.1. The summed E-state index contributed by atoms with van der Waals surface area (Å²) in [6, 6.07) is 4.29. The van der Waals surface area contributed by atoms with E-state index in [9.17, 15) is 29.7 Å². The Hall–Kier alpha value is -3.71. The Morgan fingerprint density at radius 3 is 2.20 bits per heavy atom. The van der Waals surface area contributed by atoms with E-state index in [0.717, 1.165) is 0 Å². The van der Waals surface area contributed by atoms with Crippen LogP contribution in [0.25, 0.3) is 16.5 Å². The molecular weight excluding hydrogens is 640 g/mol. The monoisotopic (exact) mass is 688 g/mol. The Morgan fingerprint density at radius 1 is 0.920 bits per heavy atom. The minimum atomic E-state index is -0.847. The van der Waals surface area contributed by atoms with Crippen molar-refractivity contribution in [1.29, 1.82) is 0 Å². The Labute approximate surface area is 292 Å². The van der Waals surface area contributed by atoms with Gasteiger partial charge in [0.2, 0.25) is 5.78 Å². The van der Waals surface area contributed by atoms with Gasteiger partial charge in [0.15, 0.2) is 16.8 Å². The number of phenolic OH excluding ortho intramolecular Hbond substituents is 1. The molecule has 0 saturated carbocycles. The molecule has 3 N–H and O–H groups in total. The summed E-state index contributed by atoms with van der Waals surface area (Å²) >= 11 is 0. The SMILES string of the molecule is C/C=C(/C)c1cc(=O)c2c(C)cc3c(c2o1)C(=O)c1c(O)c(C2CC(C)(N(C)C)C(O)C(C)O2)cc(C2CC(N(C)C)C(O)C(C)O2)c1C3=O. The fraction of sp³-hybridized carbons (Fsp3) is 0.513. The molecule has 0 radical (unpaired) electrons. The number of phenols is 1. The van der Waals surface area contributed by atoms with E-state index in [1.807, 2.05) is 44.9 Å². The molecule has 2 aliphatic heterocycles. The number of aromatic hydroxyl groups is 1. The number of likely N-dealkylation sites (N-methyl/N-ethyl adjacent to an activating group) is 2. The molecule has 0 amide bonds. The second kappa shape index (κ2) is 12.8. The van der Waals surface area contributed by atoms with Crippen molar-refractivity contribution in [2.45, 2.75) is 103 Å². The molecule has 11 nitrogen and oxygen atoms in total. The molecule has 6 rings (SSSR count). The molecule has 2 fully saturated rings. The van der Waals surface area contributed by atoms with Gasteiger partial charge in [-0.2, -0.15) is 0 Å². The Morgan fingerprint density at radius 2 is 1.58 bits per heavy atom. The lowest BCUT2D eigenvalue weighted by molar-refractivity contribution is -0.176. The number of aliphatic hydroxyl groups is 2. The van der Waals surface area contributed by atoms with Gasteiger partial charge in [0.25, 0.3) is 0 Å². The molecule has 8 unspecified atom stereocenters. The van der Waals surface area contributed by atoms with Gasteiger partial charge in [0, 0.05) is 34.3 Å². The van der Waals surface area contributed by atoms with E-state index in [0.29, 0.717) is 23.1 Å².